The van der Waals surface area contributed by atoms with E-state index >= 15 is 0 Å². The molecule has 0 spiro atoms. The van der Waals surface area contributed by atoms with Crippen LogP contribution in [0.3, 0.4) is 0 Å². The highest BCUT2D eigenvalue weighted by Gasteiger charge is 2.14. The van der Waals surface area contributed by atoms with Gasteiger partial charge in [0.1, 0.15) is 5.82 Å². The summed E-state index contributed by atoms with van der Waals surface area (Å²) < 4.78 is 38.8. The van der Waals surface area contributed by atoms with Gasteiger partial charge in [0.25, 0.3) is 0 Å². The topological polar surface area (TPSA) is 58.2 Å². The van der Waals surface area contributed by atoms with E-state index in [2.05, 4.69) is 10.0 Å². The maximum atomic E-state index is 12.7. The molecule has 2 N–H and O–H groups in total. The molecule has 0 saturated carbocycles. The van der Waals surface area contributed by atoms with Crippen molar-refractivity contribution in [3.8, 4) is 0 Å². The Kier molecular flexibility index (Phi) is 5.04. The molecule has 0 saturated heterocycles. The molecule has 0 bridgehead atoms. The number of nitrogens with one attached hydrogen (secondary N) is 2. The minimum Gasteiger partial charge on any atom is -0.319 e. The van der Waals surface area contributed by atoms with Crippen LogP contribution in [-0.2, 0) is 10.0 Å². The largest absolute Gasteiger partial charge is 0.319 e. The summed E-state index contributed by atoms with van der Waals surface area (Å²) in [7, 11) is -1.72. The third kappa shape index (κ3) is 4.41. The number of rotatable bonds is 6. The van der Waals surface area contributed by atoms with Crippen molar-refractivity contribution < 1.29 is 12.8 Å². The van der Waals surface area contributed by atoms with Gasteiger partial charge in [-0.2, -0.15) is 0 Å². The molecule has 6 heteroatoms. The summed E-state index contributed by atoms with van der Waals surface area (Å²) in [5.74, 6) is -0.261. The first-order valence-electron chi connectivity index (χ1n) is 5.35. The Labute approximate surface area is 101 Å². The molecule has 1 unspecified atom stereocenters. The predicted molar refractivity (Wildman–Crippen MR) is 64.7 cm³/mol. The second-order valence-corrected chi connectivity index (χ2v) is 5.74. The second kappa shape index (κ2) is 6.09. The van der Waals surface area contributed by atoms with Gasteiger partial charge in [-0.05, 0) is 43.8 Å². The molecule has 0 aliphatic rings. The number of sulfonamides is 1. The molecule has 0 radical (unpaired) electrons. The van der Waals surface area contributed by atoms with Crippen LogP contribution in [0, 0.1) is 11.7 Å². The fourth-order valence-corrected chi connectivity index (χ4v) is 2.53. The summed E-state index contributed by atoms with van der Waals surface area (Å²) in [5.41, 5.74) is 0. The van der Waals surface area contributed by atoms with Crippen molar-refractivity contribution in [2.75, 3.05) is 20.1 Å². The van der Waals surface area contributed by atoms with Crippen LogP contribution in [0.5, 0.6) is 0 Å². The maximum absolute atomic E-state index is 12.7. The molecule has 0 heterocycles. The third-order valence-electron chi connectivity index (χ3n) is 2.30. The Morgan fingerprint density at radius 2 is 1.82 bits per heavy atom. The van der Waals surface area contributed by atoms with E-state index in [1.807, 2.05) is 14.0 Å². The van der Waals surface area contributed by atoms with E-state index in [0.717, 1.165) is 18.7 Å². The van der Waals surface area contributed by atoms with Crippen LogP contribution in [-0.4, -0.2) is 28.6 Å². The summed E-state index contributed by atoms with van der Waals surface area (Å²) in [6.45, 7) is 3.01. The van der Waals surface area contributed by atoms with Gasteiger partial charge in [0, 0.05) is 6.54 Å². The average molecular weight is 260 g/mol. The average Bonchev–Trinajstić information content (AvgIpc) is 2.28. The van der Waals surface area contributed by atoms with Crippen molar-refractivity contribution >= 4 is 10.0 Å². The van der Waals surface area contributed by atoms with E-state index in [0.29, 0.717) is 6.54 Å². The fraction of sp³-hybridized carbons (Fsp3) is 0.455. The minimum atomic E-state index is -3.53. The number of hydrogen-bond donors (Lipinski definition) is 2. The molecule has 0 aromatic heterocycles. The summed E-state index contributed by atoms with van der Waals surface area (Å²) in [6, 6.07) is 4.76. The van der Waals surface area contributed by atoms with E-state index in [4.69, 9.17) is 0 Å². The predicted octanol–water partition coefficient (Wildman–Crippen LogP) is 0.960. The number of hydrogen-bond acceptors (Lipinski definition) is 3. The number of halogens is 1. The smallest absolute Gasteiger partial charge is 0.240 e. The number of benzene rings is 1. The molecule has 1 atom stereocenters. The SMILES string of the molecule is CNCC(C)CNS(=O)(=O)c1ccc(F)cc1. The van der Waals surface area contributed by atoms with Crippen LogP contribution in [0.1, 0.15) is 6.92 Å². The molecule has 96 valence electrons. The Bertz CT molecular complexity index is 445. The first-order valence-corrected chi connectivity index (χ1v) is 6.84. The van der Waals surface area contributed by atoms with Gasteiger partial charge in [0.15, 0.2) is 0 Å². The van der Waals surface area contributed by atoms with Crippen molar-refractivity contribution in [1.29, 1.82) is 0 Å². The van der Waals surface area contributed by atoms with E-state index in [9.17, 15) is 12.8 Å². The molecular formula is C11H17FN2O2S. The molecule has 1 aromatic rings. The van der Waals surface area contributed by atoms with Gasteiger partial charge in [-0.3, -0.25) is 0 Å². The zero-order valence-corrected chi connectivity index (χ0v) is 10.7. The molecule has 1 aromatic carbocycles. The Balaban J connectivity index is 2.66. The molecule has 1 rings (SSSR count). The van der Waals surface area contributed by atoms with Crippen molar-refractivity contribution in [3.63, 3.8) is 0 Å². The summed E-state index contributed by atoms with van der Waals surface area (Å²) >= 11 is 0. The fourth-order valence-electron chi connectivity index (χ4n) is 1.37. The first kappa shape index (κ1) is 14.1. The van der Waals surface area contributed by atoms with Gasteiger partial charge >= 0.3 is 0 Å². The molecule has 0 aliphatic heterocycles. The lowest BCUT2D eigenvalue weighted by molar-refractivity contribution is 0.519. The normalized spacial score (nSPS) is 13.6. The van der Waals surface area contributed by atoms with Gasteiger partial charge in [-0.15, -0.1) is 0 Å². The monoisotopic (exact) mass is 260 g/mol. The first-order chi connectivity index (χ1) is 7.95. The minimum absolute atomic E-state index is 0.0792. The van der Waals surface area contributed by atoms with Crippen molar-refractivity contribution in [2.45, 2.75) is 11.8 Å². The van der Waals surface area contributed by atoms with Crippen LogP contribution in [0.4, 0.5) is 4.39 Å². The van der Waals surface area contributed by atoms with Crippen LogP contribution >= 0.6 is 0 Å². The standard InChI is InChI=1S/C11H17FN2O2S/c1-9(7-13-2)8-14-17(15,16)11-5-3-10(12)4-6-11/h3-6,9,13-14H,7-8H2,1-2H3. The van der Waals surface area contributed by atoms with E-state index in [1.54, 1.807) is 0 Å². The van der Waals surface area contributed by atoms with E-state index in [1.165, 1.54) is 12.1 Å². The zero-order valence-electron chi connectivity index (χ0n) is 9.90. The van der Waals surface area contributed by atoms with E-state index < -0.39 is 15.8 Å². The Hall–Kier alpha value is -0.980. The zero-order chi connectivity index (χ0) is 12.9. The van der Waals surface area contributed by atoms with Crippen LogP contribution in [0.2, 0.25) is 0 Å². The Morgan fingerprint density at radius 1 is 1.24 bits per heavy atom. The quantitative estimate of drug-likeness (QED) is 0.801. The summed E-state index contributed by atoms with van der Waals surface area (Å²) in [6.07, 6.45) is 0. The van der Waals surface area contributed by atoms with Gasteiger partial charge in [0.05, 0.1) is 4.90 Å². The van der Waals surface area contributed by atoms with Crippen LogP contribution in [0.25, 0.3) is 0 Å². The molecule has 4 nitrogen and oxygen atoms in total. The van der Waals surface area contributed by atoms with Gasteiger partial charge in [-0.1, -0.05) is 6.92 Å². The molecule has 0 fully saturated rings. The molecule has 0 amide bonds. The molecule has 17 heavy (non-hydrogen) atoms. The van der Waals surface area contributed by atoms with Crippen LogP contribution < -0.4 is 10.0 Å². The second-order valence-electron chi connectivity index (χ2n) is 3.97. The van der Waals surface area contributed by atoms with Gasteiger partial charge in [-0.25, -0.2) is 17.5 Å². The molecular weight excluding hydrogens is 243 g/mol. The summed E-state index contributed by atoms with van der Waals surface area (Å²) in [4.78, 5) is 0.0792. The third-order valence-corrected chi connectivity index (χ3v) is 3.74. The van der Waals surface area contributed by atoms with Gasteiger partial charge in [0.2, 0.25) is 10.0 Å². The highest BCUT2D eigenvalue weighted by Crippen LogP contribution is 2.09. The highest BCUT2D eigenvalue weighted by atomic mass is 32.2. The summed E-state index contributed by atoms with van der Waals surface area (Å²) in [5, 5.41) is 2.97. The molecule has 0 aliphatic carbocycles. The maximum Gasteiger partial charge on any atom is 0.240 e. The van der Waals surface area contributed by atoms with Crippen molar-refractivity contribution in [1.82, 2.24) is 10.0 Å². The lowest BCUT2D eigenvalue weighted by Gasteiger charge is -2.12. The van der Waals surface area contributed by atoms with Gasteiger partial charge < -0.3 is 5.32 Å². The Morgan fingerprint density at radius 3 is 2.35 bits per heavy atom. The lowest BCUT2D eigenvalue weighted by atomic mass is 10.2. The highest BCUT2D eigenvalue weighted by molar-refractivity contribution is 7.89. The lowest BCUT2D eigenvalue weighted by Crippen LogP contribution is -2.32. The van der Waals surface area contributed by atoms with Crippen LogP contribution in [0.15, 0.2) is 29.2 Å². The van der Waals surface area contributed by atoms with Crippen molar-refractivity contribution in [3.05, 3.63) is 30.1 Å². The van der Waals surface area contributed by atoms with E-state index in [-0.39, 0.29) is 10.8 Å². The van der Waals surface area contributed by atoms with Crippen molar-refractivity contribution in [2.24, 2.45) is 5.92 Å².